The van der Waals surface area contributed by atoms with Crippen molar-refractivity contribution < 1.29 is 0 Å². The Labute approximate surface area is 127 Å². The Balaban J connectivity index is 2.12. The summed E-state index contributed by atoms with van der Waals surface area (Å²) in [7, 11) is 0. The van der Waals surface area contributed by atoms with Crippen LogP contribution in [0.2, 0.25) is 0 Å². The number of unbranched alkanes of at least 4 members (excludes halogenated alkanes) is 8. The van der Waals surface area contributed by atoms with E-state index in [1.165, 1.54) is 81.8 Å². The van der Waals surface area contributed by atoms with Crippen LogP contribution in [0.25, 0.3) is 0 Å². The lowest BCUT2D eigenvalue weighted by Crippen LogP contribution is -1.89. The summed E-state index contributed by atoms with van der Waals surface area (Å²) >= 11 is 0. The van der Waals surface area contributed by atoms with Crippen molar-refractivity contribution in [1.29, 1.82) is 0 Å². The number of aryl methyl sites for hydroxylation is 2. The van der Waals surface area contributed by atoms with E-state index >= 15 is 0 Å². The Kier molecular flexibility index (Phi) is 10.4. The molecule has 0 N–H and O–H groups in total. The van der Waals surface area contributed by atoms with Crippen molar-refractivity contribution >= 4 is 0 Å². The Morgan fingerprint density at radius 2 is 1.10 bits per heavy atom. The molecule has 0 aliphatic carbocycles. The van der Waals surface area contributed by atoms with E-state index in [1.807, 2.05) is 0 Å². The van der Waals surface area contributed by atoms with Crippen LogP contribution in [0, 0.1) is 6.92 Å². The van der Waals surface area contributed by atoms with E-state index in [0.717, 1.165) is 6.42 Å². The lowest BCUT2D eigenvalue weighted by Gasteiger charge is -2.05. The van der Waals surface area contributed by atoms with Gasteiger partial charge in [0.1, 0.15) is 0 Å². The molecule has 0 unspecified atom stereocenters. The van der Waals surface area contributed by atoms with Gasteiger partial charge in [0.15, 0.2) is 0 Å². The highest BCUT2D eigenvalue weighted by Gasteiger charge is 1.97. The Hall–Kier alpha value is -0.780. The van der Waals surface area contributed by atoms with Crippen LogP contribution in [-0.4, -0.2) is 0 Å². The van der Waals surface area contributed by atoms with Crippen LogP contribution >= 0.6 is 0 Å². The van der Waals surface area contributed by atoms with E-state index < -0.39 is 0 Å². The molecule has 0 saturated carbocycles. The molecule has 0 spiro atoms. The van der Waals surface area contributed by atoms with Crippen molar-refractivity contribution in [2.75, 3.05) is 0 Å². The van der Waals surface area contributed by atoms with Crippen molar-refractivity contribution in [2.45, 2.75) is 84.0 Å². The normalized spacial score (nSPS) is 10.9. The van der Waals surface area contributed by atoms with Crippen molar-refractivity contribution in [1.82, 2.24) is 0 Å². The van der Waals surface area contributed by atoms with Crippen LogP contribution in [-0.2, 0) is 12.8 Å². The highest BCUT2D eigenvalue weighted by molar-refractivity contribution is 5.22. The fourth-order valence-corrected chi connectivity index (χ4v) is 2.66. The maximum Gasteiger partial charge on any atom is -0.0279 e. The van der Waals surface area contributed by atoms with Gasteiger partial charge in [-0.2, -0.15) is 0 Å². The third-order valence-corrected chi connectivity index (χ3v) is 4.06. The summed E-state index contributed by atoms with van der Waals surface area (Å²) in [6.45, 7) is 6.16. The van der Waals surface area contributed by atoms with Gasteiger partial charge in [0.2, 0.25) is 0 Å². The van der Waals surface area contributed by atoms with Crippen LogP contribution in [0.1, 0.15) is 82.3 Å². The summed E-state index contributed by atoms with van der Waals surface area (Å²) in [6.07, 6.45) is 15.8. The fraction of sp³-hybridized carbons (Fsp3) is 0.650. The second-order valence-electron chi connectivity index (χ2n) is 6.00. The lowest BCUT2D eigenvalue weighted by molar-refractivity contribution is 0.617. The zero-order valence-electron chi connectivity index (χ0n) is 13.5. The highest BCUT2D eigenvalue weighted by atomic mass is 14.0. The third kappa shape index (κ3) is 8.40. The molecule has 0 amide bonds. The number of hydrogen-bond donors (Lipinski definition) is 0. The van der Waals surface area contributed by atoms with Crippen molar-refractivity contribution in [2.24, 2.45) is 0 Å². The van der Waals surface area contributed by atoms with Gasteiger partial charge in [-0.05, 0) is 36.8 Å². The van der Waals surface area contributed by atoms with Gasteiger partial charge >= 0.3 is 0 Å². The van der Waals surface area contributed by atoms with Gasteiger partial charge in [-0.25, -0.2) is 0 Å². The van der Waals surface area contributed by atoms with Crippen molar-refractivity contribution in [3.63, 3.8) is 0 Å². The monoisotopic (exact) mass is 273 g/mol. The first-order valence-corrected chi connectivity index (χ1v) is 8.74. The molecule has 0 atom stereocenters. The smallest absolute Gasteiger partial charge is 0.0279 e. The molecule has 0 nitrogen and oxygen atoms in total. The molecule has 113 valence electrons. The molecular formula is C20H33. The molecule has 0 heteroatoms. The Morgan fingerprint density at radius 1 is 0.650 bits per heavy atom. The topological polar surface area (TPSA) is 0 Å². The molecule has 1 aromatic carbocycles. The zero-order valence-corrected chi connectivity index (χ0v) is 13.5. The van der Waals surface area contributed by atoms with Gasteiger partial charge in [-0.3, -0.25) is 0 Å². The number of rotatable bonds is 12. The molecule has 0 heterocycles. The quantitative estimate of drug-likeness (QED) is 0.380. The van der Waals surface area contributed by atoms with Crippen LogP contribution in [0.5, 0.6) is 0 Å². The van der Waals surface area contributed by atoms with Gasteiger partial charge in [-0.1, -0.05) is 89.5 Å². The van der Waals surface area contributed by atoms with E-state index in [4.69, 9.17) is 0 Å². The predicted octanol–water partition coefficient (Wildman–Crippen LogP) is 6.53. The van der Waals surface area contributed by atoms with E-state index in [2.05, 4.69) is 38.1 Å². The standard InChI is InChI=1S/C20H33/c1-3-5-7-9-10-12-14-20-17-15-19(16-18-20)13-11-8-6-4-2/h15-18H,1,3-14H2,2H3. The summed E-state index contributed by atoms with van der Waals surface area (Å²) < 4.78 is 0. The van der Waals surface area contributed by atoms with E-state index in [9.17, 15) is 0 Å². The molecule has 0 aliphatic rings. The average molecular weight is 273 g/mol. The minimum atomic E-state index is 1.10. The molecule has 0 bridgehead atoms. The first-order valence-electron chi connectivity index (χ1n) is 8.74. The second-order valence-corrected chi connectivity index (χ2v) is 6.00. The zero-order chi connectivity index (χ0) is 14.5. The van der Waals surface area contributed by atoms with Crippen LogP contribution in [0.15, 0.2) is 24.3 Å². The Bertz CT molecular complexity index is 309. The summed E-state index contributed by atoms with van der Waals surface area (Å²) in [5, 5.41) is 0. The third-order valence-electron chi connectivity index (χ3n) is 4.06. The number of hydrogen-bond acceptors (Lipinski definition) is 0. The number of benzene rings is 1. The van der Waals surface area contributed by atoms with Gasteiger partial charge in [0.25, 0.3) is 0 Å². The van der Waals surface area contributed by atoms with E-state index in [-0.39, 0.29) is 0 Å². The summed E-state index contributed by atoms with van der Waals surface area (Å²) in [5.74, 6) is 0. The van der Waals surface area contributed by atoms with Crippen molar-refractivity contribution in [3.8, 4) is 0 Å². The summed E-state index contributed by atoms with van der Waals surface area (Å²) in [6, 6.07) is 9.35. The van der Waals surface area contributed by atoms with Crippen LogP contribution in [0.3, 0.4) is 0 Å². The van der Waals surface area contributed by atoms with Crippen LogP contribution < -0.4 is 0 Å². The molecule has 1 radical (unpaired) electrons. The molecular weight excluding hydrogens is 240 g/mol. The molecule has 1 aromatic rings. The molecule has 0 saturated heterocycles. The summed E-state index contributed by atoms with van der Waals surface area (Å²) in [5.41, 5.74) is 3.03. The molecule has 0 fully saturated rings. The fourth-order valence-electron chi connectivity index (χ4n) is 2.66. The van der Waals surface area contributed by atoms with E-state index in [0.29, 0.717) is 0 Å². The molecule has 0 aliphatic heterocycles. The van der Waals surface area contributed by atoms with Gasteiger partial charge in [0.05, 0.1) is 0 Å². The predicted molar refractivity (Wildman–Crippen MR) is 91.1 cm³/mol. The SMILES string of the molecule is [CH2]CCCCCCCc1ccc(CCCCCC)cc1. The maximum atomic E-state index is 3.89. The second kappa shape index (κ2) is 12.0. The first-order chi connectivity index (χ1) is 9.86. The van der Waals surface area contributed by atoms with Crippen LogP contribution in [0.4, 0.5) is 0 Å². The Morgan fingerprint density at radius 3 is 1.60 bits per heavy atom. The first kappa shape index (κ1) is 17.3. The minimum absolute atomic E-state index is 1.10. The summed E-state index contributed by atoms with van der Waals surface area (Å²) in [4.78, 5) is 0. The minimum Gasteiger partial charge on any atom is -0.0654 e. The lowest BCUT2D eigenvalue weighted by atomic mass is 10.0. The molecule has 1 rings (SSSR count). The molecule has 0 aromatic heterocycles. The van der Waals surface area contributed by atoms with Gasteiger partial charge < -0.3 is 0 Å². The molecule has 20 heavy (non-hydrogen) atoms. The highest BCUT2D eigenvalue weighted by Crippen LogP contribution is 2.13. The van der Waals surface area contributed by atoms with Gasteiger partial charge in [-0.15, -0.1) is 0 Å². The largest absolute Gasteiger partial charge is 0.0654 e. The van der Waals surface area contributed by atoms with Crippen molar-refractivity contribution in [3.05, 3.63) is 42.3 Å². The van der Waals surface area contributed by atoms with E-state index in [1.54, 1.807) is 0 Å². The maximum absolute atomic E-state index is 3.89. The van der Waals surface area contributed by atoms with Gasteiger partial charge in [0, 0.05) is 0 Å². The average Bonchev–Trinajstić information content (AvgIpc) is 2.49.